The van der Waals surface area contributed by atoms with Crippen LogP contribution in [-0.4, -0.2) is 19.5 Å². The Morgan fingerprint density at radius 3 is 2.89 bits per heavy atom. The molecule has 2 atom stereocenters. The number of hydrogen-bond donors (Lipinski definition) is 1. The summed E-state index contributed by atoms with van der Waals surface area (Å²) in [4.78, 5) is 0. The summed E-state index contributed by atoms with van der Waals surface area (Å²) >= 11 is 0. The first-order valence-electron chi connectivity index (χ1n) is 3.70. The largest absolute Gasteiger partial charge is 0.316 e. The lowest BCUT2D eigenvalue weighted by atomic mass is 10.0. The fourth-order valence-corrected chi connectivity index (χ4v) is 0.943. The topological polar surface area (TPSA) is 12.0 Å². The Morgan fingerprint density at radius 1 is 1.67 bits per heavy atom. The van der Waals surface area contributed by atoms with Crippen molar-refractivity contribution in [3.8, 4) is 0 Å². The molecule has 0 aromatic rings. The summed E-state index contributed by atoms with van der Waals surface area (Å²) in [5.41, 5.74) is 0. The first-order valence-corrected chi connectivity index (χ1v) is 3.13. The van der Waals surface area contributed by atoms with Crippen LogP contribution in [0.25, 0.3) is 0 Å². The molecule has 1 saturated heterocycles. The predicted octanol–water partition coefficient (Wildman–Crippen LogP) is 1.25. The quantitative estimate of drug-likeness (QED) is 0.572. The number of halogens is 2. The summed E-state index contributed by atoms with van der Waals surface area (Å²) in [5.74, 6) is -0.756. The van der Waals surface area contributed by atoms with Crippen molar-refractivity contribution in [2.45, 2.75) is 19.2 Å². The van der Waals surface area contributed by atoms with Gasteiger partial charge in [-0.2, -0.15) is 0 Å². The van der Waals surface area contributed by atoms with Crippen molar-refractivity contribution in [3.63, 3.8) is 0 Å². The van der Waals surface area contributed by atoms with E-state index < -0.39 is 18.7 Å². The lowest BCUT2D eigenvalue weighted by Gasteiger charge is -2.21. The number of rotatable bonds is 1. The monoisotopic (exact) mass is 136 g/mol. The van der Waals surface area contributed by atoms with E-state index in [-0.39, 0.29) is 0 Å². The maximum Gasteiger partial charge on any atom is 0.242 e. The molecular weight excluding hydrogens is 124 g/mol. The molecule has 0 amide bonds. The minimum atomic E-state index is -2.34. The summed E-state index contributed by atoms with van der Waals surface area (Å²) in [6, 6.07) is 0. The van der Waals surface area contributed by atoms with Crippen LogP contribution >= 0.6 is 0 Å². The number of alkyl halides is 2. The SMILES string of the molecule is [2H][C@H]1CCNC[C@H]1C(F)F. The minimum absolute atomic E-state index is 0.297. The molecule has 0 unspecified atom stereocenters. The van der Waals surface area contributed by atoms with Crippen molar-refractivity contribution in [3.05, 3.63) is 0 Å². The Balaban J connectivity index is 2.40. The van der Waals surface area contributed by atoms with Gasteiger partial charge in [-0.1, -0.05) is 0 Å². The van der Waals surface area contributed by atoms with Crippen LogP contribution < -0.4 is 5.32 Å². The van der Waals surface area contributed by atoms with Gasteiger partial charge in [0.25, 0.3) is 0 Å². The minimum Gasteiger partial charge on any atom is -0.316 e. The number of nitrogens with one attached hydrogen (secondary N) is 1. The maximum atomic E-state index is 12.0. The van der Waals surface area contributed by atoms with E-state index in [2.05, 4.69) is 5.32 Å². The molecule has 0 radical (unpaired) electrons. The molecule has 1 aliphatic rings. The summed E-state index contributed by atoms with van der Waals surface area (Å²) in [5, 5.41) is 2.85. The van der Waals surface area contributed by atoms with Gasteiger partial charge in [0, 0.05) is 13.8 Å². The van der Waals surface area contributed by atoms with Crippen molar-refractivity contribution < 1.29 is 10.2 Å². The zero-order valence-electron chi connectivity index (χ0n) is 6.11. The fourth-order valence-electron chi connectivity index (χ4n) is 0.943. The van der Waals surface area contributed by atoms with Crippen LogP contribution in [-0.2, 0) is 0 Å². The molecule has 1 fully saturated rings. The van der Waals surface area contributed by atoms with Crippen LogP contribution in [0.5, 0.6) is 0 Å². The van der Waals surface area contributed by atoms with E-state index in [1.807, 2.05) is 0 Å². The summed E-state index contributed by atoms with van der Waals surface area (Å²) in [6.45, 7) is 1.00. The molecule has 9 heavy (non-hydrogen) atoms. The molecule has 0 saturated carbocycles. The summed E-state index contributed by atoms with van der Waals surface area (Å²) in [7, 11) is 0. The molecule has 0 bridgehead atoms. The van der Waals surface area contributed by atoms with Crippen LogP contribution in [0.15, 0.2) is 0 Å². The smallest absolute Gasteiger partial charge is 0.242 e. The van der Waals surface area contributed by atoms with Crippen molar-refractivity contribution in [2.75, 3.05) is 13.1 Å². The summed E-state index contributed by atoms with van der Waals surface area (Å²) in [6.07, 6.45) is -2.36. The second-order valence-electron chi connectivity index (χ2n) is 2.23. The zero-order valence-corrected chi connectivity index (χ0v) is 5.11. The van der Waals surface area contributed by atoms with Crippen LogP contribution in [0.2, 0.25) is 0 Å². The van der Waals surface area contributed by atoms with Gasteiger partial charge in [0.05, 0.1) is 0 Å². The lowest BCUT2D eigenvalue weighted by Crippen LogP contribution is -2.33. The first-order chi connectivity index (χ1) is 4.72. The van der Waals surface area contributed by atoms with Crippen LogP contribution in [0.4, 0.5) is 8.78 Å². The highest BCUT2D eigenvalue weighted by Crippen LogP contribution is 2.17. The third-order valence-electron chi connectivity index (χ3n) is 1.49. The second-order valence-corrected chi connectivity index (χ2v) is 2.23. The highest BCUT2D eigenvalue weighted by atomic mass is 19.3. The average Bonchev–Trinajstić information content (AvgIpc) is 1.88. The predicted molar refractivity (Wildman–Crippen MR) is 31.6 cm³/mol. The Morgan fingerprint density at radius 2 is 2.44 bits per heavy atom. The molecule has 1 aliphatic heterocycles. The Labute approximate surface area is 54.8 Å². The van der Waals surface area contributed by atoms with E-state index in [0.29, 0.717) is 19.5 Å². The normalized spacial score (nSPS) is 38.8. The van der Waals surface area contributed by atoms with E-state index in [9.17, 15) is 8.78 Å². The summed E-state index contributed by atoms with van der Waals surface area (Å²) < 4.78 is 31.3. The molecule has 0 aromatic heterocycles. The molecule has 1 nitrogen and oxygen atoms in total. The highest BCUT2D eigenvalue weighted by molar-refractivity contribution is 4.70. The van der Waals surface area contributed by atoms with Crippen LogP contribution in [0.1, 0.15) is 14.2 Å². The van der Waals surface area contributed by atoms with Crippen molar-refractivity contribution in [2.24, 2.45) is 5.92 Å². The van der Waals surface area contributed by atoms with Crippen LogP contribution in [0, 0.1) is 5.92 Å². The second kappa shape index (κ2) is 3.11. The van der Waals surface area contributed by atoms with E-state index >= 15 is 0 Å². The van der Waals surface area contributed by atoms with E-state index in [4.69, 9.17) is 1.37 Å². The van der Waals surface area contributed by atoms with Gasteiger partial charge in [-0.3, -0.25) is 0 Å². The maximum absolute atomic E-state index is 12.0. The van der Waals surface area contributed by atoms with Gasteiger partial charge in [0.2, 0.25) is 6.43 Å². The molecule has 3 heteroatoms. The molecule has 1 heterocycles. The van der Waals surface area contributed by atoms with Gasteiger partial charge in [-0.15, -0.1) is 0 Å². The molecule has 1 rings (SSSR count). The Bertz CT molecular complexity index is 110. The van der Waals surface area contributed by atoms with Gasteiger partial charge in [-0.05, 0) is 19.4 Å². The van der Waals surface area contributed by atoms with Gasteiger partial charge < -0.3 is 5.32 Å². The molecular formula is C6H11F2N. The van der Waals surface area contributed by atoms with Crippen molar-refractivity contribution >= 4 is 0 Å². The van der Waals surface area contributed by atoms with Crippen molar-refractivity contribution in [1.82, 2.24) is 5.32 Å². The van der Waals surface area contributed by atoms with Crippen LogP contribution in [0.3, 0.4) is 0 Å². The van der Waals surface area contributed by atoms with Gasteiger partial charge >= 0.3 is 0 Å². The average molecular weight is 136 g/mol. The molecule has 0 spiro atoms. The molecule has 0 aliphatic carbocycles. The third-order valence-corrected chi connectivity index (χ3v) is 1.49. The van der Waals surface area contributed by atoms with Gasteiger partial charge in [0.1, 0.15) is 0 Å². The fraction of sp³-hybridized carbons (Fsp3) is 1.00. The number of hydrogen-bond acceptors (Lipinski definition) is 1. The number of piperidine rings is 1. The van der Waals surface area contributed by atoms with Crippen molar-refractivity contribution in [1.29, 1.82) is 0 Å². The van der Waals surface area contributed by atoms with Gasteiger partial charge in [-0.25, -0.2) is 8.78 Å². The lowest BCUT2D eigenvalue weighted by molar-refractivity contribution is 0.0633. The third kappa shape index (κ3) is 1.90. The zero-order chi connectivity index (χ0) is 7.56. The highest BCUT2D eigenvalue weighted by Gasteiger charge is 2.21. The van der Waals surface area contributed by atoms with E-state index in [1.54, 1.807) is 0 Å². The molecule has 54 valence electrons. The molecule has 1 N–H and O–H groups in total. The Kier molecular flexibility index (Phi) is 1.93. The Hall–Kier alpha value is -0.180. The molecule has 0 aromatic carbocycles. The van der Waals surface area contributed by atoms with E-state index in [1.165, 1.54) is 0 Å². The van der Waals surface area contributed by atoms with E-state index in [0.717, 1.165) is 0 Å². The standard InChI is InChI=1S/C6H11F2N/c7-6(8)5-2-1-3-9-4-5/h5-6,9H,1-4H2/t5-/m0/s1/i2D/t2-,5-. The van der Waals surface area contributed by atoms with Gasteiger partial charge in [0.15, 0.2) is 0 Å². The first kappa shape index (κ1) is 5.59.